The fourth-order valence-corrected chi connectivity index (χ4v) is 3.41. The number of carbonyl (C=O) groups is 2. The minimum Gasteiger partial charge on any atom is -0.366 e. The lowest BCUT2D eigenvalue weighted by Crippen LogP contribution is -2.31. The number of amides is 2. The second kappa shape index (κ2) is 6.07. The van der Waals surface area contributed by atoms with Crippen LogP contribution in [0.5, 0.6) is 0 Å². The zero-order valence-corrected chi connectivity index (χ0v) is 13.7. The first-order chi connectivity index (χ1) is 11.0. The molecule has 0 atom stereocenters. The first-order valence-electron chi connectivity index (χ1n) is 8.21. The van der Waals surface area contributed by atoms with Gasteiger partial charge in [0.2, 0.25) is 11.8 Å². The van der Waals surface area contributed by atoms with E-state index in [1.54, 1.807) is 6.07 Å². The first kappa shape index (κ1) is 15.6. The number of aryl methyl sites for hydroxylation is 2. The fraction of sp³-hybridized carbons (Fsp3) is 0.444. The smallest absolute Gasteiger partial charge is 0.248 e. The third-order valence-electron chi connectivity index (χ3n) is 4.37. The van der Waals surface area contributed by atoms with E-state index in [1.807, 2.05) is 19.9 Å². The normalized spacial score (nSPS) is 14.0. The number of fused-ring (bicyclic) bond motifs is 3. The van der Waals surface area contributed by atoms with Gasteiger partial charge in [0.15, 0.2) is 0 Å². The summed E-state index contributed by atoms with van der Waals surface area (Å²) in [5.41, 5.74) is 10.3. The van der Waals surface area contributed by atoms with Crippen LogP contribution in [0.15, 0.2) is 12.1 Å². The van der Waals surface area contributed by atoms with E-state index in [0.717, 1.165) is 35.7 Å². The largest absolute Gasteiger partial charge is 0.366 e. The van der Waals surface area contributed by atoms with Crippen LogP contribution in [0.3, 0.4) is 0 Å². The van der Waals surface area contributed by atoms with Gasteiger partial charge in [0.1, 0.15) is 0 Å². The molecule has 23 heavy (non-hydrogen) atoms. The molecule has 2 amide bonds. The number of carbonyl (C=O) groups excluding carboxylic acids is 2. The van der Waals surface area contributed by atoms with Gasteiger partial charge in [-0.1, -0.05) is 0 Å². The highest BCUT2D eigenvalue weighted by Gasteiger charge is 2.20. The van der Waals surface area contributed by atoms with Crippen LogP contribution in [0.2, 0.25) is 0 Å². The van der Waals surface area contributed by atoms with E-state index in [1.165, 1.54) is 17.7 Å². The van der Waals surface area contributed by atoms with Crippen LogP contribution in [0, 0.1) is 0 Å². The molecule has 0 spiro atoms. The molecular weight excluding hydrogens is 290 g/mol. The maximum Gasteiger partial charge on any atom is 0.248 e. The molecule has 4 N–H and O–H groups in total. The molecule has 0 saturated carbocycles. The van der Waals surface area contributed by atoms with Gasteiger partial charge >= 0.3 is 0 Å². The number of primary amides is 1. The summed E-state index contributed by atoms with van der Waals surface area (Å²) in [6, 6.07) is 3.70. The van der Waals surface area contributed by atoms with Crippen molar-refractivity contribution in [1.82, 2.24) is 10.3 Å². The highest BCUT2D eigenvalue weighted by molar-refractivity contribution is 6.00. The lowest BCUT2D eigenvalue weighted by molar-refractivity contribution is -0.120. The predicted octanol–water partition coefficient (Wildman–Crippen LogP) is 2.21. The maximum absolute atomic E-state index is 12.1. The molecular formula is C18H23N3O2. The van der Waals surface area contributed by atoms with Gasteiger partial charge in [-0.15, -0.1) is 0 Å². The summed E-state index contributed by atoms with van der Waals surface area (Å²) in [6.45, 7) is 3.86. The minimum atomic E-state index is -0.455. The Balaban J connectivity index is 2.09. The lowest BCUT2D eigenvalue weighted by Gasteiger charge is -2.11. The van der Waals surface area contributed by atoms with Crippen molar-refractivity contribution in [3.63, 3.8) is 0 Å². The van der Waals surface area contributed by atoms with Crippen molar-refractivity contribution in [3.05, 3.63) is 34.5 Å². The number of aromatic nitrogens is 1. The van der Waals surface area contributed by atoms with Crippen molar-refractivity contribution in [2.45, 2.75) is 52.0 Å². The number of hydrogen-bond acceptors (Lipinski definition) is 2. The van der Waals surface area contributed by atoms with Gasteiger partial charge in [-0.3, -0.25) is 9.59 Å². The molecule has 1 aliphatic carbocycles. The first-order valence-corrected chi connectivity index (χ1v) is 8.21. The van der Waals surface area contributed by atoms with Crippen LogP contribution in [-0.2, 0) is 24.1 Å². The molecule has 2 aromatic rings. The molecule has 1 aliphatic rings. The summed E-state index contributed by atoms with van der Waals surface area (Å²) in [7, 11) is 0. The summed E-state index contributed by atoms with van der Waals surface area (Å²) in [5, 5.41) is 3.94. The van der Waals surface area contributed by atoms with E-state index in [4.69, 9.17) is 5.73 Å². The van der Waals surface area contributed by atoms with Crippen LogP contribution >= 0.6 is 0 Å². The van der Waals surface area contributed by atoms with Crippen molar-refractivity contribution < 1.29 is 9.59 Å². The Labute approximate surface area is 135 Å². The number of nitrogens with two attached hydrogens (primary N) is 1. The zero-order valence-electron chi connectivity index (χ0n) is 13.7. The second-order valence-corrected chi connectivity index (χ2v) is 6.61. The maximum atomic E-state index is 12.1. The summed E-state index contributed by atoms with van der Waals surface area (Å²) in [5.74, 6) is -0.501. The Morgan fingerprint density at radius 2 is 2.00 bits per heavy atom. The Bertz CT molecular complexity index is 774. The van der Waals surface area contributed by atoms with Crippen molar-refractivity contribution in [2.24, 2.45) is 5.73 Å². The summed E-state index contributed by atoms with van der Waals surface area (Å²) in [6.07, 6.45) is 4.60. The Morgan fingerprint density at radius 1 is 1.26 bits per heavy atom. The van der Waals surface area contributed by atoms with Gasteiger partial charge in [0, 0.05) is 28.2 Å². The fourth-order valence-electron chi connectivity index (χ4n) is 3.41. The number of hydrogen-bond donors (Lipinski definition) is 3. The van der Waals surface area contributed by atoms with E-state index in [9.17, 15) is 9.59 Å². The number of rotatable bonds is 4. The van der Waals surface area contributed by atoms with E-state index in [2.05, 4.69) is 10.3 Å². The molecule has 0 radical (unpaired) electrons. The monoisotopic (exact) mass is 313 g/mol. The number of H-pyrrole nitrogens is 1. The van der Waals surface area contributed by atoms with Gasteiger partial charge in [0.25, 0.3) is 0 Å². The molecule has 3 rings (SSSR count). The summed E-state index contributed by atoms with van der Waals surface area (Å²) in [4.78, 5) is 27.3. The third-order valence-corrected chi connectivity index (χ3v) is 4.37. The summed E-state index contributed by atoms with van der Waals surface area (Å²) < 4.78 is 0. The molecule has 1 aromatic heterocycles. The summed E-state index contributed by atoms with van der Waals surface area (Å²) >= 11 is 0. The van der Waals surface area contributed by atoms with Gasteiger partial charge in [-0.05, 0) is 62.8 Å². The zero-order chi connectivity index (χ0) is 16.6. The van der Waals surface area contributed by atoms with Crippen LogP contribution in [0.4, 0.5) is 0 Å². The third kappa shape index (κ3) is 3.09. The standard InChI is InChI=1S/C18H23N3O2/c1-10(2)20-16(22)9-11-7-12(18(19)23)8-14-13-5-3-4-6-15(13)21-17(11)14/h7-8,10,21H,3-6,9H2,1-2H3,(H2,19,23)(H,20,22). The molecule has 5 heteroatoms. The van der Waals surface area contributed by atoms with E-state index >= 15 is 0 Å². The van der Waals surface area contributed by atoms with Crippen molar-refractivity contribution in [2.75, 3.05) is 0 Å². The second-order valence-electron chi connectivity index (χ2n) is 6.61. The number of nitrogens with one attached hydrogen (secondary N) is 2. The van der Waals surface area contributed by atoms with Crippen LogP contribution in [0.25, 0.3) is 10.9 Å². The molecule has 5 nitrogen and oxygen atoms in total. The van der Waals surface area contributed by atoms with Crippen LogP contribution < -0.4 is 11.1 Å². The average Bonchev–Trinajstić information content (AvgIpc) is 2.85. The Hall–Kier alpha value is -2.30. The number of benzene rings is 1. The minimum absolute atomic E-state index is 0.0458. The molecule has 0 aliphatic heterocycles. The van der Waals surface area contributed by atoms with Gasteiger partial charge in [0.05, 0.1) is 6.42 Å². The highest BCUT2D eigenvalue weighted by Crippen LogP contribution is 2.32. The van der Waals surface area contributed by atoms with E-state index < -0.39 is 5.91 Å². The van der Waals surface area contributed by atoms with Gasteiger partial charge < -0.3 is 16.0 Å². The molecule has 0 fully saturated rings. The Morgan fingerprint density at radius 3 is 2.70 bits per heavy atom. The van der Waals surface area contributed by atoms with Gasteiger partial charge in [-0.2, -0.15) is 0 Å². The van der Waals surface area contributed by atoms with Crippen molar-refractivity contribution in [1.29, 1.82) is 0 Å². The predicted molar refractivity (Wildman–Crippen MR) is 90.4 cm³/mol. The lowest BCUT2D eigenvalue weighted by atomic mass is 9.94. The SMILES string of the molecule is CC(C)NC(=O)Cc1cc(C(N)=O)cc2c3c([nH]c12)CCCC3. The van der Waals surface area contributed by atoms with Crippen molar-refractivity contribution >= 4 is 22.7 Å². The topological polar surface area (TPSA) is 88.0 Å². The van der Waals surface area contributed by atoms with Crippen LogP contribution in [0.1, 0.15) is 53.9 Å². The Kier molecular flexibility index (Phi) is 4.11. The molecule has 1 aromatic carbocycles. The molecule has 122 valence electrons. The number of aromatic amines is 1. The van der Waals surface area contributed by atoms with E-state index in [-0.39, 0.29) is 18.4 Å². The molecule has 0 bridgehead atoms. The average molecular weight is 313 g/mol. The quantitative estimate of drug-likeness (QED) is 0.808. The molecule has 0 saturated heterocycles. The van der Waals surface area contributed by atoms with Gasteiger partial charge in [-0.25, -0.2) is 0 Å². The van der Waals surface area contributed by atoms with Crippen molar-refractivity contribution in [3.8, 4) is 0 Å². The highest BCUT2D eigenvalue weighted by atomic mass is 16.2. The van der Waals surface area contributed by atoms with Crippen LogP contribution in [-0.4, -0.2) is 22.8 Å². The van der Waals surface area contributed by atoms with E-state index in [0.29, 0.717) is 5.56 Å². The molecule has 0 unspecified atom stereocenters. The molecule has 1 heterocycles.